The Balaban J connectivity index is 1.89. The smallest absolute Gasteiger partial charge is 0.335 e. The lowest BCUT2D eigenvalue weighted by atomic mass is 10.1. The van der Waals surface area contributed by atoms with Crippen LogP contribution in [0.15, 0.2) is 52.6 Å². The van der Waals surface area contributed by atoms with E-state index in [4.69, 9.17) is 14.2 Å². The van der Waals surface area contributed by atoms with E-state index in [9.17, 15) is 18.3 Å². The number of aromatic nitrogens is 3. The molecule has 1 N–H and O–H groups in total. The number of carboxylic acid groups (broad SMARTS) is 1. The van der Waals surface area contributed by atoms with Crippen molar-refractivity contribution in [2.45, 2.75) is 29.7 Å². The van der Waals surface area contributed by atoms with Crippen molar-refractivity contribution in [1.82, 2.24) is 13.9 Å². The maximum atomic E-state index is 14.0. The van der Waals surface area contributed by atoms with Crippen LogP contribution in [-0.4, -0.2) is 54.8 Å². The van der Waals surface area contributed by atoms with E-state index in [1.54, 1.807) is 31.5 Å². The molecule has 0 amide bonds. The lowest BCUT2D eigenvalue weighted by Gasteiger charge is -2.15. The summed E-state index contributed by atoms with van der Waals surface area (Å²) >= 11 is 1.18. The topological polar surface area (TPSA) is 130 Å². The number of benzene rings is 2. The zero-order valence-electron chi connectivity index (χ0n) is 20.8. The number of aryl methyl sites for hydroxylation is 1. The third kappa shape index (κ3) is 4.81. The van der Waals surface area contributed by atoms with Gasteiger partial charge >= 0.3 is 5.97 Å². The van der Waals surface area contributed by atoms with Crippen LogP contribution in [0.3, 0.4) is 0 Å². The molecule has 0 aliphatic rings. The Morgan fingerprint density at radius 3 is 2.46 bits per heavy atom. The van der Waals surface area contributed by atoms with Gasteiger partial charge in [0.1, 0.15) is 22.1 Å². The highest BCUT2D eigenvalue weighted by atomic mass is 32.2. The normalized spacial score (nSPS) is 11.5. The van der Waals surface area contributed by atoms with Crippen LogP contribution in [0.2, 0.25) is 0 Å². The number of hydrogen-bond donors (Lipinski definition) is 1. The number of nitrogens with zero attached hydrogens (tertiary/aromatic N) is 3. The summed E-state index contributed by atoms with van der Waals surface area (Å²) in [6, 6.07) is 8.54. The van der Waals surface area contributed by atoms with Crippen molar-refractivity contribution in [2.75, 3.05) is 21.3 Å². The van der Waals surface area contributed by atoms with Crippen LogP contribution in [0.25, 0.3) is 11.0 Å². The van der Waals surface area contributed by atoms with Gasteiger partial charge in [-0.05, 0) is 44.2 Å². The molecule has 2 heterocycles. The SMILES string of the molecule is COc1ccc2c(c1)nc(SCc1ncc(C)c(OC)c1C)n2S(=O)(=O)c1cc(C(=O)O)ccc1OC. The van der Waals surface area contributed by atoms with Crippen LogP contribution in [0, 0.1) is 13.8 Å². The summed E-state index contributed by atoms with van der Waals surface area (Å²) in [6.45, 7) is 3.79. The fourth-order valence-corrected chi connectivity index (χ4v) is 6.85. The molecule has 0 spiro atoms. The Morgan fingerprint density at radius 1 is 1.05 bits per heavy atom. The number of hydrogen-bond acceptors (Lipinski definition) is 9. The zero-order valence-corrected chi connectivity index (χ0v) is 22.4. The van der Waals surface area contributed by atoms with E-state index in [2.05, 4.69) is 9.97 Å². The van der Waals surface area contributed by atoms with Crippen molar-refractivity contribution >= 4 is 38.8 Å². The molecule has 0 aliphatic heterocycles. The highest BCUT2D eigenvalue weighted by Gasteiger charge is 2.29. The molecule has 0 fully saturated rings. The molecule has 0 atom stereocenters. The molecule has 0 saturated heterocycles. The van der Waals surface area contributed by atoms with Crippen molar-refractivity contribution in [3.8, 4) is 17.2 Å². The minimum Gasteiger partial charge on any atom is -0.497 e. The van der Waals surface area contributed by atoms with Gasteiger partial charge in [-0.3, -0.25) is 4.98 Å². The van der Waals surface area contributed by atoms with Gasteiger partial charge in [-0.2, -0.15) is 0 Å². The van der Waals surface area contributed by atoms with Gasteiger partial charge in [-0.1, -0.05) is 11.8 Å². The molecule has 0 bridgehead atoms. The molecule has 0 unspecified atom stereocenters. The van der Waals surface area contributed by atoms with Crippen LogP contribution in [-0.2, 0) is 15.8 Å². The lowest BCUT2D eigenvalue weighted by molar-refractivity contribution is 0.0696. The molecule has 4 rings (SSSR count). The average molecular weight is 544 g/mol. The molecule has 2 aromatic heterocycles. The van der Waals surface area contributed by atoms with Crippen LogP contribution in [0.5, 0.6) is 17.2 Å². The number of imidazole rings is 1. The van der Waals surface area contributed by atoms with Gasteiger partial charge in [-0.25, -0.2) is 22.2 Å². The molecule has 10 nitrogen and oxygen atoms in total. The number of fused-ring (bicyclic) bond motifs is 1. The monoisotopic (exact) mass is 543 g/mol. The molecular weight excluding hydrogens is 518 g/mol. The van der Waals surface area contributed by atoms with E-state index in [0.29, 0.717) is 34.0 Å². The quantitative estimate of drug-likeness (QED) is 0.305. The number of aromatic carboxylic acids is 1. The lowest BCUT2D eigenvalue weighted by Crippen LogP contribution is -2.16. The van der Waals surface area contributed by atoms with Gasteiger partial charge in [0.25, 0.3) is 10.0 Å². The van der Waals surface area contributed by atoms with Crippen LogP contribution in [0.4, 0.5) is 0 Å². The molecule has 0 radical (unpaired) electrons. The fraction of sp³-hybridized carbons (Fsp3) is 0.240. The van der Waals surface area contributed by atoms with Gasteiger partial charge < -0.3 is 19.3 Å². The predicted molar refractivity (Wildman–Crippen MR) is 139 cm³/mol. The summed E-state index contributed by atoms with van der Waals surface area (Å²) in [5.41, 5.74) is 2.96. The first-order valence-electron chi connectivity index (χ1n) is 11.0. The molecule has 0 aliphatic carbocycles. The second kappa shape index (κ2) is 10.3. The maximum absolute atomic E-state index is 14.0. The fourth-order valence-electron chi connectivity index (χ4n) is 3.93. The molecule has 37 heavy (non-hydrogen) atoms. The van der Waals surface area contributed by atoms with E-state index >= 15 is 0 Å². The third-order valence-electron chi connectivity index (χ3n) is 5.81. The van der Waals surface area contributed by atoms with Crippen LogP contribution >= 0.6 is 11.8 Å². The third-order valence-corrected chi connectivity index (χ3v) is 8.60. The molecule has 0 saturated carbocycles. The molecule has 194 valence electrons. The zero-order chi connectivity index (χ0) is 26.9. The van der Waals surface area contributed by atoms with Crippen molar-refractivity contribution in [2.24, 2.45) is 0 Å². The second-order valence-corrected chi connectivity index (χ2v) is 10.7. The van der Waals surface area contributed by atoms with Gasteiger partial charge in [0.15, 0.2) is 5.16 Å². The summed E-state index contributed by atoms with van der Waals surface area (Å²) in [7, 11) is 0.0674. The second-order valence-electron chi connectivity index (χ2n) is 8.02. The highest BCUT2D eigenvalue weighted by Crippen LogP contribution is 2.36. The van der Waals surface area contributed by atoms with Crippen LogP contribution in [0.1, 0.15) is 27.2 Å². The predicted octanol–water partition coefficient (Wildman–Crippen LogP) is 4.30. The van der Waals surface area contributed by atoms with Gasteiger partial charge in [0.05, 0.1) is 43.6 Å². The summed E-state index contributed by atoms with van der Waals surface area (Å²) in [6.07, 6.45) is 1.70. The number of pyridine rings is 1. The number of ether oxygens (including phenoxy) is 3. The maximum Gasteiger partial charge on any atom is 0.335 e. The largest absolute Gasteiger partial charge is 0.497 e. The van der Waals surface area contributed by atoms with E-state index in [0.717, 1.165) is 21.2 Å². The summed E-state index contributed by atoms with van der Waals surface area (Å²) in [5.74, 6) is 0.287. The minimum atomic E-state index is -4.35. The summed E-state index contributed by atoms with van der Waals surface area (Å²) in [5, 5.41) is 9.63. The van der Waals surface area contributed by atoms with Gasteiger partial charge in [-0.15, -0.1) is 0 Å². The molecular formula is C25H25N3O7S2. The van der Waals surface area contributed by atoms with Crippen molar-refractivity contribution in [3.63, 3.8) is 0 Å². The van der Waals surface area contributed by atoms with E-state index in [1.807, 2.05) is 13.8 Å². The van der Waals surface area contributed by atoms with Crippen LogP contribution < -0.4 is 14.2 Å². The van der Waals surface area contributed by atoms with E-state index in [1.165, 1.54) is 38.1 Å². The minimum absolute atomic E-state index is 0.0112. The number of methoxy groups -OCH3 is 3. The van der Waals surface area contributed by atoms with E-state index < -0.39 is 16.0 Å². The standard InChI is InChI=1S/C25H25N3O7S2/c1-14-12-26-19(15(2)23(14)35-5)13-36-25-27-18-11-17(33-3)7-8-20(18)28(25)37(31,32)22-10-16(24(29)30)6-9-21(22)34-4/h6-12H,13H2,1-5H3,(H,29,30). The molecule has 12 heteroatoms. The van der Waals surface area contributed by atoms with Crippen molar-refractivity contribution < 1.29 is 32.5 Å². The molecule has 2 aromatic carbocycles. The Kier molecular flexibility index (Phi) is 7.32. The Hall–Kier alpha value is -3.77. The average Bonchev–Trinajstić information content (AvgIpc) is 3.26. The molecule has 4 aromatic rings. The number of rotatable bonds is 9. The van der Waals surface area contributed by atoms with Crippen molar-refractivity contribution in [1.29, 1.82) is 0 Å². The first-order valence-corrected chi connectivity index (χ1v) is 13.4. The summed E-state index contributed by atoms with van der Waals surface area (Å²) < 4.78 is 45.2. The van der Waals surface area contributed by atoms with Gasteiger partial charge in [0, 0.05) is 29.1 Å². The number of carboxylic acids is 1. The first-order chi connectivity index (χ1) is 17.6. The number of carbonyl (C=O) groups is 1. The highest BCUT2D eigenvalue weighted by molar-refractivity contribution is 7.99. The Morgan fingerprint density at radius 2 is 1.81 bits per heavy atom. The van der Waals surface area contributed by atoms with E-state index in [-0.39, 0.29) is 21.4 Å². The number of thioether (sulfide) groups is 1. The Bertz CT molecular complexity index is 1610. The summed E-state index contributed by atoms with van der Waals surface area (Å²) in [4.78, 5) is 20.4. The van der Waals surface area contributed by atoms with Gasteiger partial charge in [0.2, 0.25) is 0 Å². The Labute approximate surface area is 218 Å². The van der Waals surface area contributed by atoms with Crippen molar-refractivity contribution in [3.05, 3.63) is 65.0 Å². The first kappa shape index (κ1) is 26.3.